The summed E-state index contributed by atoms with van der Waals surface area (Å²) in [7, 11) is 0. The van der Waals surface area contributed by atoms with Gasteiger partial charge in [-0.3, -0.25) is 4.79 Å². The van der Waals surface area contributed by atoms with E-state index in [9.17, 15) is 4.79 Å². The third-order valence-corrected chi connectivity index (χ3v) is 2.90. The first-order valence-electron chi connectivity index (χ1n) is 5.83. The number of nitrogens with one attached hydrogen (secondary N) is 1. The molecule has 92 valence electrons. The fraction of sp³-hybridized carbons (Fsp3) is 0.500. The van der Waals surface area contributed by atoms with E-state index in [4.69, 9.17) is 10.5 Å². The lowest BCUT2D eigenvalue weighted by Gasteiger charge is -2.35. The zero-order valence-corrected chi connectivity index (χ0v) is 9.85. The molecule has 1 aromatic rings. The number of nitrogens with zero attached hydrogens (tertiary/aromatic N) is 1. The van der Waals surface area contributed by atoms with Crippen molar-refractivity contribution >= 4 is 11.7 Å². The zero-order valence-electron chi connectivity index (χ0n) is 9.85. The average Bonchev–Trinajstić information content (AvgIpc) is 2.27. The van der Waals surface area contributed by atoms with Crippen LogP contribution in [0.3, 0.4) is 0 Å². The summed E-state index contributed by atoms with van der Waals surface area (Å²) < 4.78 is 5.47. The summed E-state index contributed by atoms with van der Waals surface area (Å²) in [5, 5.41) is 3.29. The number of ether oxygens (including phenoxy) is 1. The predicted octanol–water partition coefficient (Wildman–Crippen LogP) is 1.16. The SMILES string of the molecule is CCOC1CC(Nc2ccc(C(N)=O)cn2)C1. The second-order valence-corrected chi connectivity index (χ2v) is 4.19. The van der Waals surface area contributed by atoms with E-state index in [0.717, 1.165) is 25.3 Å². The second kappa shape index (κ2) is 5.14. The number of carbonyl (C=O) groups is 1. The van der Waals surface area contributed by atoms with E-state index in [2.05, 4.69) is 10.3 Å². The highest BCUT2D eigenvalue weighted by molar-refractivity contribution is 5.92. The van der Waals surface area contributed by atoms with Gasteiger partial charge in [0, 0.05) is 18.8 Å². The van der Waals surface area contributed by atoms with Gasteiger partial charge in [-0.25, -0.2) is 4.98 Å². The van der Waals surface area contributed by atoms with Gasteiger partial charge in [-0.15, -0.1) is 0 Å². The molecule has 3 N–H and O–H groups in total. The Kier molecular flexibility index (Phi) is 3.58. The van der Waals surface area contributed by atoms with Crippen LogP contribution in [0.25, 0.3) is 0 Å². The number of rotatable bonds is 5. The molecule has 0 aliphatic heterocycles. The van der Waals surface area contributed by atoms with Crippen LogP contribution in [0.2, 0.25) is 0 Å². The smallest absolute Gasteiger partial charge is 0.250 e. The molecule has 1 amide bonds. The van der Waals surface area contributed by atoms with Gasteiger partial charge >= 0.3 is 0 Å². The predicted molar refractivity (Wildman–Crippen MR) is 64.8 cm³/mol. The number of hydrogen-bond acceptors (Lipinski definition) is 4. The zero-order chi connectivity index (χ0) is 12.3. The minimum atomic E-state index is -0.455. The third kappa shape index (κ3) is 2.94. The molecular weight excluding hydrogens is 218 g/mol. The van der Waals surface area contributed by atoms with E-state index in [1.165, 1.54) is 6.20 Å². The minimum Gasteiger partial charge on any atom is -0.378 e. The number of amides is 1. The molecule has 0 saturated heterocycles. The Labute approximate surface area is 100 Å². The topological polar surface area (TPSA) is 77.2 Å². The molecule has 1 aliphatic rings. The molecule has 2 rings (SSSR count). The molecule has 1 aromatic heterocycles. The molecule has 1 saturated carbocycles. The Morgan fingerprint density at radius 3 is 2.88 bits per heavy atom. The van der Waals surface area contributed by atoms with E-state index >= 15 is 0 Å². The summed E-state index contributed by atoms with van der Waals surface area (Å²) in [5.74, 6) is 0.319. The molecular formula is C12H17N3O2. The highest BCUT2D eigenvalue weighted by atomic mass is 16.5. The van der Waals surface area contributed by atoms with Crippen molar-refractivity contribution in [2.75, 3.05) is 11.9 Å². The van der Waals surface area contributed by atoms with Crippen molar-refractivity contribution in [1.29, 1.82) is 0 Å². The van der Waals surface area contributed by atoms with E-state index < -0.39 is 5.91 Å². The lowest BCUT2D eigenvalue weighted by atomic mass is 9.89. The van der Waals surface area contributed by atoms with E-state index in [-0.39, 0.29) is 0 Å². The lowest BCUT2D eigenvalue weighted by Crippen LogP contribution is -2.41. The van der Waals surface area contributed by atoms with Crippen LogP contribution in [0, 0.1) is 0 Å². The number of anilines is 1. The van der Waals surface area contributed by atoms with Crippen molar-refractivity contribution in [3.63, 3.8) is 0 Å². The van der Waals surface area contributed by atoms with Gasteiger partial charge in [0.2, 0.25) is 5.91 Å². The number of aromatic nitrogens is 1. The summed E-state index contributed by atoms with van der Waals surface area (Å²) in [6.07, 6.45) is 3.88. The van der Waals surface area contributed by atoms with E-state index in [1.807, 2.05) is 6.92 Å². The van der Waals surface area contributed by atoms with Crippen LogP contribution < -0.4 is 11.1 Å². The monoisotopic (exact) mass is 235 g/mol. The van der Waals surface area contributed by atoms with Crippen molar-refractivity contribution in [3.8, 4) is 0 Å². The number of pyridine rings is 1. The van der Waals surface area contributed by atoms with Crippen molar-refractivity contribution in [3.05, 3.63) is 23.9 Å². The normalized spacial score (nSPS) is 22.9. The second-order valence-electron chi connectivity index (χ2n) is 4.19. The Balaban J connectivity index is 1.82. The molecule has 0 aromatic carbocycles. The van der Waals surface area contributed by atoms with Gasteiger partial charge in [0.05, 0.1) is 11.7 Å². The first-order valence-corrected chi connectivity index (χ1v) is 5.83. The molecule has 1 fully saturated rings. The molecule has 0 radical (unpaired) electrons. The Bertz CT molecular complexity index is 385. The van der Waals surface area contributed by atoms with Crippen LogP contribution in [0.1, 0.15) is 30.1 Å². The maximum Gasteiger partial charge on any atom is 0.250 e. The van der Waals surface area contributed by atoms with Crippen LogP contribution in [-0.2, 0) is 4.74 Å². The van der Waals surface area contributed by atoms with Gasteiger partial charge in [0.15, 0.2) is 0 Å². The summed E-state index contributed by atoms with van der Waals surface area (Å²) in [4.78, 5) is 15.0. The van der Waals surface area contributed by atoms with Crippen LogP contribution >= 0.6 is 0 Å². The van der Waals surface area contributed by atoms with Crippen LogP contribution in [0.5, 0.6) is 0 Å². The molecule has 0 bridgehead atoms. The van der Waals surface area contributed by atoms with Gasteiger partial charge in [-0.2, -0.15) is 0 Å². The Morgan fingerprint density at radius 1 is 1.59 bits per heavy atom. The Hall–Kier alpha value is -1.62. The van der Waals surface area contributed by atoms with Gasteiger partial charge < -0.3 is 15.8 Å². The summed E-state index contributed by atoms with van der Waals surface area (Å²) in [6.45, 7) is 2.77. The molecule has 0 atom stereocenters. The van der Waals surface area contributed by atoms with Crippen molar-refractivity contribution in [2.24, 2.45) is 5.73 Å². The standard InChI is InChI=1S/C12H17N3O2/c1-2-17-10-5-9(6-10)15-11-4-3-8(7-14-11)12(13)16/h3-4,7,9-10H,2,5-6H2,1H3,(H2,13,16)(H,14,15). The summed E-state index contributed by atoms with van der Waals surface area (Å²) >= 11 is 0. The maximum absolute atomic E-state index is 10.9. The quantitative estimate of drug-likeness (QED) is 0.802. The molecule has 5 heteroatoms. The Morgan fingerprint density at radius 2 is 2.35 bits per heavy atom. The van der Waals surface area contributed by atoms with Crippen molar-refractivity contribution in [1.82, 2.24) is 4.98 Å². The fourth-order valence-corrected chi connectivity index (χ4v) is 1.89. The van der Waals surface area contributed by atoms with Crippen LogP contribution in [0.15, 0.2) is 18.3 Å². The lowest BCUT2D eigenvalue weighted by molar-refractivity contribution is 0.00292. The van der Waals surface area contributed by atoms with Gasteiger partial charge in [-0.1, -0.05) is 0 Å². The number of primary amides is 1. The molecule has 5 nitrogen and oxygen atoms in total. The first kappa shape index (κ1) is 11.9. The molecule has 0 spiro atoms. The maximum atomic E-state index is 10.9. The highest BCUT2D eigenvalue weighted by Crippen LogP contribution is 2.26. The van der Waals surface area contributed by atoms with E-state index in [1.54, 1.807) is 12.1 Å². The number of carbonyl (C=O) groups excluding carboxylic acids is 1. The largest absolute Gasteiger partial charge is 0.378 e. The van der Waals surface area contributed by atoms with Crippen LogP contribution in [-0.4, -0.2) is 29.6 Å². The van der Waals surface area contributed by atoms with Gasteiger partial charge in [-0.05, 0) is 31.9 Å². The third-order valence-electron chi connectivity index (χ3n) is 2.90. The average molecular weight is 235 g/mol. The number of hydrogen-bond donors (Lipinski definition) is 2. The molecule has 1 aliphatic carbocycles. The summed E-state index contributed by atoms with van der Waals surface area (Å²) in [6, 6.07) is 3.86. The molecule has 17 heavy (non-hydrogen) atoms. The van der Waals surface area contributed by atoms with Crippen molar-refractivity contribution < 1.29 is 9.53 Å². The minimum absolute atomic E-state index is 0.377. The highest BCUT2D eigenvalue weighted by Gasteiger charge is 2.29. The van der Waals surface area contributed by atoms with Gasteiger partial charge in [0.25, 0.3) is 0 Å². The van der Waals surface area contributed by atoms with E-state index in [0.29, 0.717) is 17.7 Å². The van der Waals surface area contributed by atoms with Crippen LogP contribution in [0.4, 0.5) is 5.82 Å². The molecule has 1 heterocycles. The number of nitrogens with two attached hydrogens (primary N) is 1. The summed E-state index contributed by atoms with van der Waals surface area (Å²) in [5.41, 5.74) is 5.57. The van der Waals surface area contributed by atoms with Crippen molar-refractivity contribution in [2.45, 2.75) is 31.9 Å². The van der Waals surface area contributed by atoms with Gasteiger partial charge in [0.1, 0.15) is 5.82 Å². The first-order chi connectivity index (χ1) is 8.19. The molecule has 0 unspecified atom stereocenters. The fourth-order valence-electron chi connectivity index (χ4n) is 1.89.